The van der Waals surface area contributed by atoms with E-state index in [9.17, 15) is 5.11 Å². The molecule has 0 bridgehead atoms. The molecule has 0 fully saturated rings. The molecule has 2 rings (SSSR count). The number of aliphatic hydroxyl groups is 1. The molecule has 0 heterocycles. The summed E-state index contributed by atoms with van der Waals surface area (Å²) in [6.45, 7) is 0.0983. The smallest absolute Gasteiger partial charge is 0.137 e. The van der Waals surface area contributed by atoms with E-state index in [0.717, 1.165) is 5.56 Å². The van der Waals surface area contributed by atoms with Crippen molar-refractivity contribution in [2.75, 3.05) is 7.11 Å². The molecule has 4 nitrogen and oxygen atoms in total. The summed E-state index contributed by atoms with van der Waals surface area (Å²) < 4.78 is 10.8. The Morgan fingerprint density at radius 1 is 1.24 bits per heavy atom. The van der Waals surface area contributed by atoms with Crippen molar-refractivity contribution in [3.63, 3.8) is 0 Å². The van der Waals surface area contributed by atoms with Crippen molar-refractivity contribution in [2.24, 2.45) is 0 Å². The zero-order chi connectivity index (χ0) is 15.2. The highest BCUT2D eigenvalue weighted by Crippen LogP contribution is 2.27. The van der Waals surface area contributed by atoms with E-state index in [1.54, 1.807) is 36.4 Å². The fourth-order valence-corrected chi connectivity index (χ4v) is 2.13. The Labute approximate surface area is 128 Å². The van der Waals surface area contributed by atoms with Crippen LogP contribution in [-0.2, 0) is 13.2 Å². The molecule has 2 aromatic carbocycles. The lowest BCUT2D eigenvalue weighted by atomic mass is 10.1. The van der Waals surface area contributed by atoms with E-state index >= 15 is 0 Å². The highest BCUT2D eigenvalue weighted by atomic mass is 35.5. The molecule has 0 aliphatic carbocycles. The molecule has 0 aliphatic heterocycles. The van der Waals surface area contributed by atoms with Gasteiger partial charge in [0.05, 0.1) is 19.3 Å². The van der Waals surface area contributed by atoms with E-state index in [4.69, 9.17) is 26.3 Å². The Kier molecular flexibility index (Phi) is 5.04. The molecule has 0 spiro atoms. The van der Waals surface area contributed by atoms with Crippen LogP contribution in [0.2, 0.25) is 5.02 Å². The topological polar surface area (TPSA) is 62.5 Å². The second-order valence-electron chi connectivity index (χ2n) is 4.31. The summed E-state index contributed by atoms with van der Waals surface area (Å²) >= 11 is 6.00. The first-order valence-electron chi connectivity index (χ1n) is 6.27. The Balaban J connectivity index is 2.17. The van der Waals surface area contributed by atoms with E-state index in [0.29, 0.717) is 27.6 Å². The van der Waals surface area contributed by atoms with Gasteiger partial charge in [-0.25, -0.2) is 0 Å². The number of nitrogens with zero attached hydrogens (tertiary/aromatic N) is 1. The molecule has 0 saturated carbocycles. The normalized spacial score (nSPS) is 10.0. The van der Waals surface area contributed by atoms with Gasteiger partial charge < -0.3 is 14.6 Å². The minimum atomic E-state index is -0.189. The minimum absolute atomic E-state index is 0.189. The molecule has 108 valence electrons. The van der Waals surface area contributed by atoms with Gasteiger partial charge in [-0.2, -0.15) is 5.26 Å². The molecule has 2 aromatic rings. The highest BCUT2D eigenvalue weighted by Gasteiger charge is 2.08. The lowest BCUT2D eigenvalue weighted by Gasteiger charge is -2.12. The van der Waals surface area contributed by atoms with Gasteiger partial charge in [-0.1, -0.05) is 23.7 Å². The lowest BCUT2D eigenvalue weighted by Crippen LogP contribution is -2.00. The Morgan fingerprint density at radius 2 is 2.05 bits per heavy atom. The minimum Gasteiger partial charge on any atom is -0.495 e. The van der Waals surface area contributed by atoms with Crippen molar-refractivity contribution in [3.8, 4) is 17.6 Å². The van der Waals surface area contributed by atoms with Crippen molar-refractivity contribution in [2.45, 2.75) is 13.2 Å². The van der Waals surface area contributed by atoms with Crippen molar-refractivity contribution in [1.29, 1.82) is 5.26 Å². The SMILES string of the molecule is COc1cc(COc2cccc(Cl)c2CO)ccc1C#N. The molecule has 0 aromatic heterocycles. The van der Waals surface area contributed by atoms with Gasteiger partial charge in [0.1, 0.15) is 24.2 Å². The molecule has 0 unspecified atom stereocenters. The largest absolute Gasteiger partial charge is 0.495 e. The second-order valence-corrected chi connectivity index (χ2v) is 4.72. The van der Waals surface area contributed by atoms with Crippen LogP contribution >= 0.6 is 11.6 Å². The maximum Gasteiger partial charge on any atom is 0.137 e. The van der Waals surface area contributed by atoms with Crippen molar-refractivity contribution in [3.05, 3.63) is 58.1 Å². The number of halogens is 1. The van der Waals surface area contributed by atoms with Gasteiger partial charge in [0.15, 0.2) is 0 Å². The van der Waals surface area contributed by atoms with Crippen LogP contribution in [0, 0.1) is 11.3 Å². The molecule has 21 heavy (non-hydrogen) atoms. The Bertz CT molecular complexity index is 680. The number of benzene rings is 2. The third-order valence-corrected chi connectivity index (χ3v) is 3.37. The third kappa shape index (κ3) is 3.46. The molecular weight excluding hydrogens is 290 g/mol. The molecule has 0 aliphatic rings. The van der Waals surface area contributed by atoms with Crippen LogP contribution < -0.4 is 9.47 Å². The second kappa shape index (κ2) is 6.98. The summed E-state index contributed by atoms with van der Waals surface area (Å²) in [5.74, 6) is 1.04. The molecule has 5 heteroatoms. The van der Waals surface area contributed by atoms with Gasteiger partial charge >= 0.3 is 0 Å². The highest BCUT2D eigenvalue weighted by molar-refractivity contribution is 6.31. The fourth-order valence-electron chi connectivity index (χ4n) is 1.91. The van der Waals surface area contributed by atoms with Gasteiger partial charge in [0.2, 0.25) is 0 Å². The number of hydrogen-bond acceptors (Lipinski definition) is 4. The number of hydrogen-bond donors (Lipinski definition) is 1. The number of methoxy groups -OCH3 is 1. The lowest BCUT2D eigenvalue weighted by molar-refractivity contribution is 0.259. The number of nitriles is 1. The van der Waals surface area contributed by atoms with Crippen LogP contribution in [-0.4, -0.2) is 12.2 Å². The predicted molar refractivity (Wildman–Crippen MR) is 79.4 cm³/mol. The number of rotatable bonds is 5. The molecule has 0 saturated heterocycles. The summed E-state index contributed by atoms with van der Waals surface area (Å²) in [4.78, 5) is 0. The van der Waals surface area contributed by atoms with Crippen molar-refractivity contribution < 1.29 is 14.6 Å². The third-order valence-electron chi connectivity index (χ3n) is 3.01. The van der Waals surface area contributed by atoms with Gasteiger partial charge in [0, 0.05) is 10.6 Å². The first-order valence-corrected chi connectivity index (χ1v) is 6.65. The maximum atomic E-state index is 9.33. The molecule has 0 amide bonds. The van der Waals surface area contributed by atoms with Crippen molar-refractivity contribution >= 4 is 11.6 Å². The maximum absolute atomic E-state index is 9.33. The summed E-state index contributed by atoms with van der Waals surface area (Å²) in [6.07, 6.45) is 0. The Hall–Kier alpha value is -2.22. The van der Waals surface area contributed by atoms with Crippen LogP contribution in [0.3, 0.4) is 0 Å². The zero-order valence-corrected chi connectivity index (χ0v) is 12.2. The van der Waals surface area contributed by atoms with Crippen LogP contribution in [0.15, 0.2) is 36.4 Å². The van der Waals surface area contributed by atoms with Gasteiger partial charge in [-0.05, 0) is 29.8 Å². The summed E-state index contributed by atoms with van der Waals surface area (Å²) in [5, 5.41) is 18.7. The molecule has 1 N–H and O–H groups in total. The van der Waals surface area contributed by atoms with Crippen LogP contribution in [0.1, 0.15) is 16.7 Å². The van der Waals surface area contributed by atoms with E-state index in [-0.39, 0.29) is 13.2 Å². The van der Waals surface area contributed by atoms with E-state index in [1.807, 2.05) is 0 Å². The van der Waals surface area contributed by atoms with Crippen molar-refractivity contribution in [1.82, 2.24) is 0 Å². The average molecular weight is 304 g/mol. The Morgan fingerprint density at radius 3 is 2.71 bits per heavy atom. The summed E-state index contributed by atoms with van der Waals surface area (Å²) in [7, 11) is 1.52. The monoisotopic (exact) mass is 303 g/mol. The van der Waals surface area contributed by atoms with Crippen LogP contribution in [0.25, 0.3) is 0 Å². The average Bonchev–Trinajstić information content (AvgIpc) is 2.52. The zero-order valence-electron chi connectivity index (χ0n) is 11.5. The quantitative estimate of drug-likeness (QED) is 0.920. The summed E-state index contributed by atoms with van der Waals surface area (Å²) in [5.41, 5.74) is 1.88. The molecule has 0 radical (unpaired) electrons. The van der Waals surface area contributed by atoms with Crippen LogP contribution in [0.5, 0.6) is 11.5 Å². The molecule has 0 atom stereocenters. The summed E-state index contributed by atoms with van der Waals surface area (Å²) in [6, 6.07) is 12.5. The first-order chi connectivity index (χ1) is 10.2. The van der Waals surface area contributed by atoms with Crippen LogP contribution in [0.4, 0.5) is 0 Å². The standard InChI is InChI=1S/C16H14ClNO3/c1-20-16-7-11(5-6-12(16)8-18)10-21-15-4-2-3-14(17)13(15)9-19/h2-7,19H,9-10H2,1H3. The predicted octanol–water partition coefficient (Wildman–Crippen LogP) is 3.29. The van der Waals surface area contributed by atoms with Gasteiger partial charge in [-0.15, -0.1) is 0 Å². The van der Waals surface area contributed by atoms with Gasteiger partial charge in [-0.3, -0.25) is 0 Å². The van der Waals surface area contributed by atoms with Gasteiger partial charge in [0.25, 0.3) is 0 Å². The molecular formula is C16H14ClNO3. The van der Waals surface area contributed by atoms with E-state index in [1.165, 1.54) is 7.11 Å². The number of ether oxygens (including phenoxy) is 2. The van der Waals surface area contributed by atoms with E-state index in [2.05, 4.69) is 6.07 Å². The first kappa shape index (κ1) is 15.2. The van der Waals surface area contributed by atoms with E-state index < -0.39 is 0 Å². The number of aliphatic hydroxyl groups excluding tert-OH is 1. The fraction of sp³-hybridized carbons (Fsp3) is 0.188.